The Morgan fingerprint density at radius 3 is 2.46 bits per heavy atom. The molecule has 9 nitrogen and oxygen atoms in total. The second-order valence-electron chi connectivity index (χ2n) is 8.42. The Bertz CT molecular complexity index is 1510. The maximum atomic E-state index is 13.2. The van der Waals surface area contributed by atoms with Gasteiger partial charge in [0.05, 0.1) is 37.8 Å². The highest BCUT2D eigenvalue weighted by atomic mass is 16.5. The molecule has 0 saturated heterocycles. The molecule has 0 radical (unpaired) electrons. The van der Waals surface area contributed by atoms with E-state index in [2.05, 4.69) is 4.90 Å². The van der Waals surface area contributed by atoms with Gasteiger partial charge in [-0.25, -0.2) is 4.79 Å². The Labute approximate surface area is 212 Å². The molecule has 3 aromatic carbocycles. The van der Waals surface area contributed by atoms with Crippen LogP contribution in [-0.4, -0.2) is 38.9 Å². The van der Waals surface area contributed by atoms with Crippen molar-refractivity contribution in [1.82, 2.24) is 4.90 Å². The summed E-state index contributed by atoms with van der Waals surface area (Å²) in [5.74, 6) is 1.97. The van der Waals surface area contributed by atoms with Crippen molar-refractivity contribution in [2.45, 2.75) is 13.1 Å². The summed E-state index contributed by atoms with van der Waals surface area (Å²) < 4.78 is 33.0. The highest BCUT2D eigenvalue weighted by Gasteiger charge is 2.23. The zero-order chi connectivity index (χ0) is 25.9. The van der Waals surface area contributed by atoms with E-state index >= 15 is 0 Å². The molecular formula is C28H25NO8. The van der Waals surface area contributed by atoms with Gasteiger partial charge in [-0.2, -0.15) is 0 Å². The standard InChI is InChI=1S/C28H25NO8/c1-32-23-10-4-17(12-24(23)33-2)13-29-14-21-22(36-16-29)11-9-20-26(30)25(15-35-27(20)21)37-19-7-5-18(6-8-19)28(31)34-3/h4-12,15H,13-14,16H2,1-3H3. The summed E-state index contributed by atoms with van der Waals surface area (Å²) >= 11 is 0. The predicted molar refractivity (Wildman–Crippen MR) is 135 cm³/mol. The fourth-order valence-electron chi connectivity index (χ4n) is 4.25. The molecule has 0 aliphatic carbocycles. The lowest BCUT2D eigenvalue weighted by Crippen LogP contribution is -2.31. The smallest absolute Gasteiger partial charge is 0.337 e. The van der Waals surface area contributed by atoms with Crippen LogP contribution in [0.15, 0.2) is 70.1 Å². The van der Waals surface area contributed by atoms with E-state index in [0.717, 1.165) is 11.1 Å². The van der Waals surface area contributed by atoms with Crippen LogP contribution in [0.5, 0.6) is 28.7 Å². The third-order valence-corrected chi connectivity index (χ3v) is 6.11. The quantitative estimate of drug-likeness (QED) is 0.331. The van der Waals surface area contributed by atoms with Crippen LogP contribution in [0.1, 0.15) is 21.5 Å². The molecule has 0 spiro atoms. The van der Waals surface area contributed by atoms with Crippen molar-refractivity contribution < 1.29 is 32.9 Å². The van der Waals surface area contributed by atoms with Crippen molar-refractivity contribution in [3.8, 4) is 28.7 Å². The molecule has 0 bridgehead atoms. The number of rotatable bonds is 7. The first-order valence-electron chi connectivity index (χ1n) is 11.5. The van der Waals surface area contributed by atoms with Crippen LogP contribution in [0.4, 0.5) is 0 Å². The molecular weight excluding hydrogens is 478 g/mol. The van der Waals surface area contributed by atoms with Crippen LogP contribution in [0.3, 0.4) is 0 Å². The van der Waals surface area contributed by atoms with Gasteiger partial charge in [-0.3, -0.25) is 9.69 Å². The molecule has 0 N–H and O–H groups in total. The molecule has 4 aromatic rings. The van der Waals surface area contributed by atoms with Gasteiger partial charge in [0.15, 0.2) is 11.5 Å². The molecule has 1 aliphatic heterocycles. The Morgan fingerprint density at radius 1 is 0.946 bits per heavy atom. The molecule has 1 aliphatic rings. The van der Waals surface area contributed by atoms with Crippen molar-refractivity contribution >= 4 is 16.9 Å². The van der Waals surface area contributed by atoms with Crippen LogP contribution in [0.25, 0.3) is 11.0 Å². The van der Waals surface area contributed by atoms with Gasteiger partial charge in [0.2, 0.25) is 11.2 Å². The van der Waals surface area contributed by atoms with Gasteiger partial charge in [0, 0.05) is 13.1 Å². The largest absolute Gasteiger partial charge is 0.493 e. The third-order valence-electron chi connectivity index (χ3n) is 6.11. The summed E-state index contributed by atoms with van der Waals surface area (Å²) in [6.45, 7) is 1.52. The monoisotopic (exact) mass is 503 g/mol. The molecule has 2 heterocycles. The SMILES string of the molecule is COC(=O)c1ccc(Oc2coc3c4c(ccc3c2=O)OCN(Cc2ccc(OC)c(OC)c2)C4)cc1. The van der Waals surface area contributed by atoms with E-state index in [9.17, 15) is 9.59 Å². The molecule has 5 rings (SSSR count). The molecule has 9 heteroatoms. The molecule has 0 unspecified atom stereocenters. The fourth-order valence-corrected chi connectivity index (χ4v) is 4.25. The number of carbonyl (C=O) groups is 1. The molecule has 190 valence electrons. The van der Waals surface area contributed by atoms with Gasteiger partial charge < -0.3 is 28.1 Å². The second kappa shape index (κ2) is 10.2. The number of hydrogen-bond acceptors (Lipinski definition) is 9. The van der Waals surface area contributed by atoms with E-state index in [1.165, 1.54) is 13.4 Å². The highest BCUT2D eigenvalue weighted by Crippen LogP contribution is 2.34. The van der Waals surface area contributed by atoms with Gasteiger partial charge in [-0.1, -0.05) is 6.07 Å². The summed E-state index contributed by atoms with van der Waals surface area (Å²) in [5.41, 5.74) is 2.34. The third kappa shape index (κ3) is 4.81. The maximum absolute atomic E-state index is 13.2. The predicted octanol–water partition coefficient (Wildman–Crippen LogP) is 4.74. The minimum atomic E-state index is -0.455. The Hall–Kier alpha value is -4.50. The van der Waals surface area contributed by atoms with Crippen LogP contribution in [0, 0.1) is 0 Å². The van der Waals surface area contributed by atoms with Crippen molar-refractivity contribution in [3.05, 3.63) is 87.8 Å². The van der Waals surface area contributed by atoms with E-state index in [0.29, 0.717) is 59.4 Å². The van der Waals surface area contributed by atoms with Crippen molar-refractivity contribution in [3.63, 3.8) is 0 Å². The summed E-state index contributed by atoms with van der Waals surface area (Å²) in [6, 6.07) is 15.5. The number of hydrogen-bond donors (Lipinski definition) is 0. The lowest BCUT2D eigenvalue weighted by molar-refractivity contribution is 0.0600. The topological polar surface area (TPSA) is 96.7 Å². The van der Waals surface area contributed by atoms with Gasteiger partial charge in [0.25, 0.3) is 0 Å². The molecule has 1 aromatic heterocycles. The highest BCUT2D eigenvalue weighted by molar-refractivity contribution is 5.89. The molecule has 0 amide bonds. The van der Waals surface area contributed by atoms with E-state index < -0.39 is 5.97 Å². The van der Waals surface area contributed by atoms with Gasteiger partial charge in [0.1, 0.15) is 30.1 Å². The first-order chi connectivity index (χ1) is 18.0. The lowest BCUT2D eigenvalue weighted by atomic mass is 10.1. The minimum absolute atomic E-state index is 0.0391. The summed E-state index contributed by atoms with van der Waals surface area (Å²) in [7, 11) is 4.51. The number of fused-ring (bicyclic) bond motifs is 3. The fraction of sp³-hybridized carbons (Fsp3) is 0.214. The Morgan fingerprint density at radius 2 is 1.73 bits per heavy atom. The molecule has 37 heavy (non-hydrogen) atoms. The normalized spacial score (nSPS) is 12.9. The first kappa shape index (κ1) is 24.2. The number of nitrogens with zero attached hydrogens (tertiary/aromatic N) is 1. The average molecular weight is 504 g/mol. The first-order valence-corrected chi connectivity index (χ1v) is 11.5. The summed E-state index contributed by atoms with van der Waals surface area (Å²) in [6.07, 6.45) is 1.30. The van der Waals surface area contributed by atoms with E-state index in [1.54, 1.807) is 50.6 Å². The molecule has 0 fully saturated rings. The second-order valence-corrected chi connectivity index (χ2v) is 8.42. The van der Waals surface area contributed by atoms with Crippen molar-refractivity contribution in [1.29, 1.82) is 0 Å². The number of benzene rings is 3. The minimum Gasteiger partial charge on any atom is -0.493 e. The van der Waals surface area contributed by atoms with Crippen LogP contribution in [-0.2, 0) is 17.8 Å². The number of esters is 1. The molecule has 0 atom stereocenters. The van der Waals surface area contributed by atoms with Crippen LogP contribution in [0.2, 0.25) is 0 Å². The van der Waals surface area contributed by atoms with Gasteiger partial charge in [-0.15, -0.1) is 0 Å². The van der Waals surface area contributed by atoms with Gasteiger partial charge >= 0.3 is 5.97 Å². The lowest BCUT2D eigenvalue weighted by Gasteiger charge is -2.29. The average Bonchev–Trinajstić information content (AvgIpc) is 2.94. The zero-order valence-corrected chi connectivity index (χ0v) is 20.6. The zero-order valence-electron chi connectivity index (χ0n) is 20.6. The molecule has 0 saturated carbocycles. The van der Waals surface area contributed by atoms with E-state index in [1.807, 2.05) is 18.2 Å². The van der Waals surface area contributed by atoms with E-state index in [4.69, 9.17) is 28.1 Å². The Balaban J connectivity index is 1.38. The van der Waals surface area contributed by atoms with E-state index in [-0.39, 0.29) is 11.2 Å². The number of methoxy groups -OCH3 is 3. The maximum Gasteiger partial charge on any atom is 0.337 e. The van der Waals surface area contributed by atoms with Crippen LogP contribution < -0.4 is 24.4 Å². The summed E-state index contributed by atoms with van der Waals surface area (Å²) in [4.78, 5) is 26.9. The summed E-state index contributed by atoms with van der Waals surface area (Å²) in [5, 5.41) is 0.388. The van der Waals surface area contributed by atoms with Crippen LogP contribution >= 0.6 is 0 Å². The Kier molecular flexibility index (Phi) is 6.70. The van der Waals surface area contributed by atoms with Gasteiger partial charge in [-0.05, 0) is 54.1 Å². The van der Waals surface area contributed by atoms with Crippen molar-refractivity contribution in [2.75, 3.05) is 28.1 Å². The number of carbonyl (C=O) groups excluding carboxylic acids is 1. The van der Waals surface area contributed by atoms with Crippen molar-refractivity contribution in [2.24, 2.45) is 0 Å². The number of ether oxygens (including phenoxy) is 5.